The lowest BCUT2D eigenvalue weighted by atomic mass is 10.1. The number of carboxylic acids is 1. The molecule has 2 fully saturated rings. The molecule has 0 bridgehead atoms. The molecule has 2 saturated heterocycles. The van der Waals surface area contributed by atoms with Crippen molar-refractivity contribution in [2.24, 2.45) is 5.92 Å². The van der Waals surface area contributed by atoms with Gasteiger partial charge >= 0.3 is 12.0 Å². The summed E-state index contributed by atoms with van der Waals surface area (Å²) in [4.78, 5) is 27.3. The minimum atomic E-state index is -0.922. The van der Waals surface area contributed by atoms with Gasteiger partial charge in [-0.05, 0) is 39.7 Å². The van der Waals surface area contributed by atoms with Gasteiger partial charge in [0, 0.05) is 24.9 Å². The van der Waals surface area contributed by atoms with E-state index in [2.05, 4.69) is 24.1 Å². The average molecular weight is 315 g/mol. The van der Waals surface area contributed by atoms with Crippen LogP contribution in [0.5, 0.6) is 0 Å². The predicted octanol–water partition coefficient (Wildman–Crippen LogP) is 1.27. The van der Waals surface area contributed by atoms with Crippen molar-refractivity contribution < 1.29 is 14.7 Å². The summed E-state index contributed by atoms with van der Waals surface area (Å²) in [7, 11) is 0. The van der Waals surface area contributed by atoms with E-state index in [1.807, 2.05) is 6.92 Å². The Bertz CT molecular complexity index is 405. The number of thioether (sulfide) groups is 1. The second-order valence-electron chi connectivity index (χ2n) is 6.12. The first-order valence-electron chi connectivity index (χ1n) is 7.54. The van der Waals surface area contributed by atoms with Gasteiger partial charge in [-0.1, -0.05) is 0 Å². The standard InChI is InChI=1S/C14H25N3O3S/c1-9(2)16-5-4-11(7-16)6-15-14(20)17-10(3)21-8-12(17)13(18)19/h9-12H,4-8H2,1-3H3,(H,15,20)(H,18,19). The summed E-state index contributed by atoms with van der Waals surface area (Å²) >= 11 is 1.51. The molecule has 3 unspecified atom stereocenters. The number of carbonyl (C=O) groups excluding carboxylic acids is 1. The van der Waals surface area contributed by atoms with Crippen molar-refractivity contribution in [3.05, 3.63) is 0 Å². The molecule has 0 aromatic carbocycles. The maximum atomic E-state index is 12.3. The zero-order chi connectivity index (χ0) is 15.6. The van der Waals surface area contributed by atoms with E-state index in [1.54, 1.807) is 0 Å². The van der Waals surface area contributed by atoms with Crippen LogP contribution in [0, 0.1) is 5.92 Å². The lowest BCUT2D eigenvalue weighted by Gasteiger charge is -2.26. The van der Waals surface area contributed by atoms with Crippen molar-refractivity contribution in [2.45, 2.75) is 44.6 Å². The van der Waals surface area contributed by atoms with Crippen LogP contribution in [-0.2, 0) is 4.79 Å². The normalized spacial score (nSPS) is 30.1. The zero-order valence-corrected chi connectivity index (χ0v) is 13.7. The molecule has 0 aromatic rings. The van der Waals surface area contributed by atoms with Gasteiger partial charge in [0.2, 0.25) is 0 Å². The third-order valence-corrected chi connectivity index (χ3v) is 5.55. The highest BCUT2D eigenvalue weighted by molar-refractivity contribution is 8.00. The Balaban J connectivity index is 1.83. The number of rotatable bonds is 4. The molecule has 2 heterocycles. The summed E-state index contributed by atoms with van der Waals surface area (Å²) in [6.07, 6.45) is 1.09. The lowest BCUT2D eigenvalue weighted by molar-refractivity contribution is -0.141. The minimum Gasteiger partial charge on any atom is -0.480 e. The fourth-order valence-corrected chi connectivity index (χ4v) is 4.13. The van der Waals surface area contributed by atoms with E-state index in [4.69, 9.17) is 0 Å². The van der Waals surface area contributed by atoms with Gasteiger partial charge in [-0.15, -0.1) is 11.8 Å². The summed E-state index contributed by atoms with van der Waals surface area (Å²) in [6.45, 7) is 8.95. The van der Waals surface area contributed by atoms with E-state index < -0.39 is 12.0 Å². The molecule has 0 aromatic heterocycles. The van der Waals surface area contributed by atoms with Crippen LogP contribution in [0.25, 0.3) is 0 Å². The van der Waals surface area contributed by atoms with E-state index in [1.165, 1.54) is 16.7 Å². The molecule has 2 N–H and O–H groups in total. The van der Waals surface area contributed by atoms with Gasteiger partial charge in [-0.2, -0.15) is 0 Å². The molecule has 2 amide bonds. The molecule has 2 aliphatic rings. The summed E-state index contributed by atoms with van der Waals surface area (Å²) in [6, 6.07) is -0.416. The molecule has 120 valence electrons. The van der Waals surface area contributed by atoms with Crippen LogP contribution in [0.1, 0.15) is 27.2 Å². The molecule has 0 radical (unpaired) electrons. The van der Waals surface area contributed by atoms with Crippen molar-refractivity contribution in [1.82, 2.24) is 15.1 Å². The van der Waals surface area contributed by atoms with Crippen LogP contribution in [0.2, 0.25) is 0 Å². The number of amides is 2. The van der Waals surface area contributed by atoms with E-state index in [-0.39, 0.29) is 11.4 Å². The summed E-state index contributed by atoms with van der Waals surface area (Å²) < 4.78 is 0. The predicted molar refractivity (Wildman–Crippen MR) is 83.4 cm³/mol. The first-order valence-corrected chi connectivity index (χ1v) is 8.59. The molecule has 0 saturated carbocycles. The number of hydrogen-bond acceptors (Lipinski definition) is 4. The van der Waals surface area contributed by atoms with Crippen LogP contribution in [-0.4, -0.2) is 69.8 Å². The van der Waals surface area contributed by atoms with E-state index in [0.29, 0.717) is 24.3 Å². The number of nitrogens with one attached hydrogen (secondary N) is 1. The largest absolute Gasteiger partial charge is 0.480 e. The Kier molecular flexibility index (Phi) is 5.37. The second-order valence-corrected chi connectivity index (χ2v) is 7.47. The highest BCUT2D eigenvalue weighted by Crippen LogP contribution is 2.28. The quantitative estimate of drug-likeness (QED) is 0.817. The van der Waals surface area contributed by atoms with Gasteiger partial charge in [0.15, 0.2) is 0 Å². The minimum absolute atomic E-state index is 0.0816. The average Bonchev–Trinajstić information content (AvgIpc) is 3.02. The van der Waals surface area contributed by atoms with Crippen LogP contribution in [0.15, 0.2) is 0 Å². The second kappa shape index (κ2) is 6.87. The van der Waals surface area contributed by atoms with Crippen molar-refractivity contribution in [3.8, 4) is 0 Å². The molecule has 21 heavy (non-hydrogen) atoms. The number of nitrogens with zero attached hydrogens (tertiary/aromatic N) is 2. The van der Waals surface area contributed by atoms with Gasteiger partial charge in [0.05, 0.1) is 5.37 Å². The molecule has 2 rings (SSSR count). The third kappa shape index (κ3) is 3.83. The van der Waals surface area contributed by atoms with Gasteiger partial charge < -0.3 is 15.3 Å². The molecular formula is C14H25N3O3S. The summed E-state index contributed by atoms with van der Waals surface area (Å²) in [5.41, 5.74) is 0. The topological polar surface area (TPSA) is 72.9 Å². The monoisotopic (exact) mass is 315 g/mol. The van der Waals surface area contributed by atoms with E-state index in [0.717, 1.165) is 19.5 Å². The van der Waals surface area contributed by atoms with Gasteiger partial charge in [-0.25, -0.2) is 9.59 Å². The third-order valence-electron chi connectivity index (χ3n) is 4.33. The highest BCUT2D eigenvalue weighted by Gasteiger charge is 2.39. The Labute approximate surface area is 130 Å². The fraction of sp³-hybridized carbons (Fsp3) is 0.857. The highest BCUT2D eigenvalue weighted by atomic mass is 32.2. The van der Waals surface area contributed by atoms with Crippen molar-refractivity contribution >= 4 is 23.8 Å². The first kappa shape index (κ1) is 16.4. The zero-order valence-electron chi connectivity index (χ0n) is 12.9. The van der Waals surface area contributed by atoms with Crippen molar-refractivity contribution in [1.29, 1.82) is 0 Å². The number of carbonyl (C=O) groups is 2. The number of urea groups is 1. The molecule has 6 nitrogen and oxygen atoms in total. The Hall–Kier alpha value is -0.950. The molecule has 0 spiro atoms. The maximum absolute atomic E-state index is 12.3. The van der Waals surface area contributed by atoms with Crippen LogP contribution >= 0.6 is 11.8 Å². The molecule has 3 atom stereocenters. The van der Waals surface area contributed by atoms with Gasteiger partial charge in [-0.3, -0.25) is 4.90 Å². The SMILES string of the molecule is CC(C)N1CCC(CNC(=O)N2C(C)SCC2C(=O)O)C1. The van der Waals surface area contributed by atoms with Gasteiger partial charge in [0.1, 0.15) is 6.04 Å². The fourth-order valence-electron chi connectivity index (χ4n) is 2.96. The summed E-state index contributed by atoms with van der Waals surface area (Å²) in [5.74, 6) is 0.00752. The van der Waals surface area contributed by atoms with E-state index >= 15 is 0 Å². The first-order chi connectivity index (χ1) is 9.90. The number of hydrogen-bond donors (Lipinski definition) is 2. The number of aliphatic carboxylic acids is 1. The Morgan fingerprint density at radius 3 is 2.71 bits per heavy atom. The van der Waals surface area contributed by atoms with Crippen LogP contribution < -0.4 is 5.32 Å². The Morgan fingerprint density at radius 2 is 2.14 bits per heavy atom. The molecule has 2 aliphatic heterocycles. The number of carboxylic acid groups (broad SMARTS) is 1. The van der Waals surface area contributed by atoms with Crippen molar-refractivity contribution in [3.63, 3.8) is 0 Å². The smallest absolute Gasteiger partial charge is 0.327 e. The van der Waals surface area contributed by atoms with E-state index in [9.17, 15) is 14.7 Å². The molecule has 0 aliphatic carbocycles. The van der Waals surface area contributed by atoms with Crippen LogP contribution in [0.4, 0.5) is 4.79 Å². The maximum Gasteiger partial charge on any atom is 0.327 e. The molecule has 7 heteroatoms. The lowest BCUT2D eigenvalue weighted by Crippen LogP contribution is -2.50. The molecular weight excluding hydrogens is 290 g/mol. The van der Waals surface area contributed by atoms with Gasteiger partial charge in [0.25, 0.3) is 0 Å². The Morgan fingerprint density at radius 1 is 1.43 bits per heavy atom. The van der Waals surface area contributed by atoms with Crippen molar-refractivity contribution in [2.75, 3.05) is 25.4 Å². The number of likely N-dealkylation sites (tertiary alicyclic amines) is 1. The van der Waals surface area contributed by atoms with Crippen LogP contribution in [0.3, 0.4) is 0 Å². The summed E-state index contributed by atoms with van der Waals surface area (Å²) in [5, 5.41) is 12.0.